The van der Waals surface area contributed by atoms with Crippen LogP contribution in [0.15, 0.2) is 67.8 Å². The Morgan fingerprint density at radius 3 is 2.38 bits per heavy atom. The fourth-order valence-corrected chi connectivity index (χ4v) is 3.44. The third kappa shape index (κ3) is 4.83. The molecular formula is C18H18ClO4P. The van der Waals surface area contributed by atoms with Crippen molar-refractivity contribution in [3.63, 3.8) is 0 Å². The molecule has 2 rings (SSSR count). The molecular weight excluding hydrogens is 347 g/mol. The van der Waals surface area contributed by atoms with Gasteiger partial charge in [-0.3, -0.25) is 4.57 Å². The monoisotopic (exact) mass is 364 g/mol. The summed E-state index contributed by atoms with van der Waals surface area (Å²) in [5.41, 5.74) is 0.617. The summed E-state index contributed by atoms with van der Waals surface area (Å²) in [5.74, 6) is 1.16. The Bertz CT molecular complexity index is 771. The van der Waals surface area contributed by atoms with Crippen molar-refractivity contribution >= 4 is 24.5 Å². The summed E-state index contributed by atoms with van der Waals surface area (Å²) in [5, 5.41) is 0.846. The van der Waals surface area contributed by atoms with E-state index in [4.69, 9.17) is 20.9 Å². The molecule has 1 unspecified atom stereocenters. The molecule has 4 nitrogen and oxygen atoms in total. The van der Waals surface area contributed by atoms with Crippen LogP contribution in [0.1, 0.15) is 5.56 Å². The zero-order valence-electron chi connectivity index (χ0n) is 13.0. The Labute approximate surface area is 146 Å². The van der Waals surface area contributed by atoms with Crippen LogP contribution in [0.5, 0.6) is 11.5 Å². The molecule has 0 aromatic heterocycles. The van der Waals surface area contributed by atoms with Crippen LogP contribution >= 0.6 is 19.2 Å². The normalized spacial score (nSPS) is 13.1. The topological polar surface area (TPSA) is 55.8 Å². The van der Waals surface area contributed by atoms with Crippen LogP contribution in [0.2, 0.25) is 5.02 Å². The SMILES string of the molecule is C=CCOP(=O)(O)c1ccc(Oc2ccc(Cl)cc2)cc1CC=C. The number of allylic oxidation sites excluding steroid dienone is 1. The van der Waals surface area contributed by atoms with E-state index in [1.807, 2.05) is 0 Å². The predicted molar refractivity (Wildman–Crippen MR) is 97.5 cm³/mol. The quantitative estimate of drug-likeness (QED) is 0.536. The zero-order valence-corrected chi connectivity index (χ0v) is 14.7. The predicted octanol–water partition coefficient (Wildman–Crippen LogP) is 4.87. The van der Waals surface area contributed by atoms with E-state index in [0.717, 1.165) is 0 Å². The largest absolute Gasteiger partial charge is 0.457 e. The molecule has 0 saturated heterocycles. The fraction of sp³-hybridized carbons (Fsp3) is 0.111. The van der Waals surface area contributed by atoms with Gasteiger partial charge in [-0.1, -0.05) is 23.8 Å². The van der Waals surface area contributed by atoms with Gasteiger partial charge < -0.3 is 14.2 Å². The lowest BCUT2D eigenvalue weighted by Gasteiger charge is -2.16. The van der Waals surface area contributed by atoms with Crippen LogP contribution < -0.4 is 10.0 Å². The highest BCUT2D eigenvalue weighted by molar-refractivity contribution is 7.61. The molecule has 1 N–H and O–H groups in total. The standard InChI is InChI=1S/C18H18ClO4P/c1-3-5-14-13-17(23-16-8-6-15(19)7-9-16)10-11-18(14)24(20,21)22-12-4-2/h3-4,6-11,13H,1-2,5,12H2,(H,20,21). The molecule has 126 valence electrons. The maximum absolute atomic E-state index is 12.4. The van der Waals surface area contributed by atoms with Gasteiger partial charge in [0.15, 0.2) is 0 Å². The fourth-order valence-electron chi connectivity index (χ4n) is 2.08. The van der Waals surface area contributed by atoms with Crippen molar-refractivity contribution in [3.8, 4) is 11.5 Å². The van der Waals surface area contributed by atoms with E-state index < -0.39 is 7.60 Å². The minimum atomic E-state index is -3.93. The van der Waals surface area contributed by atoms with Crippen molar-refractivity contribution in [3.05, 3.63) is 78.4 Å². The first-order valence-electron chi connectivity index (χ1n) is 7.22. The van der Waals surface area contributed by atoms with Gasteiger partial charge in [-0.15, -0.1) is 13.2 Å². The Hall–Kier alpha value is -1.84. The molecule has 2 aromatic carbocycles. The van der Waals surface area contributed by atoms with Gasteiger partial charge in [-0.2, -0.15) is 0 Å². The van der Waals surface area contributed by atoms with Gasteiger partial charge in [-0.25, -0.2) is 0 Å². The molecule has 0 saturated carbocycles. The molecule has 0 heterocycles. The van der Waals surface area contributed by atoms with Gasteiger partial charge in [0.2, 0.25) is 0 Å². The van der Waals surface area contributed by atoms with E-state index in [9.17, 15) is 9.46 Å². The lowest BCUT2D eigenvalue weighted by molar-refractivity contribution is 0.298. The van der Waals surface area contributed by atoms with Crippen LogP contribution in [0, 0.1) is 0 Å². The van der Waals surface area contributed by atoms with Gasteiger partial charge in [0.1, 0.15) is 11.5 Å². The molecule has 0 radical (unpaired) electrons. The van der Waals surface area contributed by atoms with Gasteiger partial charge in [0.25, 0.3) is 0 Å². The first-order valence-corrected chi connectivity index (χ1v) is 9.18. The van der Waals surface area contributed by atoms with Crippen LogP contribution in [0.3, 0.4) is 0 Å². The molecule has 2 aromatic rings. The van der Waals surface area contributed by atoms with Crippen LogP contribution in [0.4, 0.5) is 0 Å². The number of rotatable bonds is 8. The first kappa shape index (κ1) is 18.5. The molecule has 0 bridgehead atoms. The molecule has 6 heteroatoms. The second kappa shape index (κ2) is 8.32. The highest BCUT2D eigenvalue weighted by atomic mass is 35.5. The first-order chi connectivity index (χ1) is 11.5. The van der Waals surface area contributed by atoms with E-state index >= 15 is 0 Å². The van der Waals surface area contributed by atoms with Crippen molar-refractivity contribution in [1.82, 2.24) is 0 Å². The highest BCUT2D eigenvalue weighted by Crippen LogP contribution is 2.42. The molecule has 0 aliphatic carbocycles. The number of hydrogen-bond acceptors (Lipinski definition) is 3. The number of hydrogen-bond donors (Lipinski definition) is 1. The van der Waals surface area contributed by atoms with E-state index in [1.165, 1.54) is 12.1 Å². The van der Waals surface area contributed by atoms with Crippen LogP contribution in [0.25, 0.3) is 0 Å². The molecule has 0 aliphatic heterocycles. The summed E-state index contributed by atoms with van der Waals surface area (Å²) < 4.78 is 23.1. The lowest BCUT2D eigenvalue weighted by atomic mass is 10.1. The Kier molecular flexibility index (Phi) is 6.41. The average molecular weight is 365 g/mol. The maximum atomic E-state index is 12.4. The molecule has 0 spiro atoms. The zero-order chi connectivity index (χ0) is 17.6. The number of ether oxygens (including phenoxy) is 1. The maximum Gasteiger partial charge on any atom is 0.359 e. The minimum absolute atomic E-state index is 0.00959. The summed E-state index contributed by atoms with van der Waals surface area (Å²) >= 11 is 5.85. The smallest absolute Gasteiger partial charge is 0.359 e. The van der Waals surface area contributed by atoms with Crippen molar-refractivity contribution in [2.75, 3.05) is 6.61 Å². The number of halogens is 1. The van der Waals surface area contributed by atoms with E-state index in [2.05, 4.69) is 13.2 Å². The van der Waals surface area contributed by atoms with Crippen LogP contribution in [-0.2, 0) is 15.5 Å². The van der Waals surface area contributed by atoms with Gasteiger partial charge >= 0.3 is 7.60 Å². The van der Waals surface area contributed by atoms with Gasteiger partial charge in [0.05, 0.1) is 11.9 Å². The third-order valence-electron chi connectivity index (χ3n) is 3.14. The van der Waals surface area contributed by atoms with Gasteiger partial charge in [-0.05, 0) is 54.4 Å². The van der Waals surface area contributed by atoms with Crippen molar-refractivity contribution < 1.29 is 18.7 Å². The van der Waals surface area contributed by atoms with E-state index in [-0.39, 0.29) is 11.9 Å². The summed E-state index contributed by atoms with van der Waals surface area (Å²) in [7, 11) is -3.93. The minimum Gasteiger partial charge on any atom is -0.457 e. The van der Waals surface area contributed by atoms with Crippen molar-refractivity contribution in [2.45, 2.75) is 6.42 Å². The summed E-state index contributed by atoms with van der Waals surface area (Å²) in [6.45, 7) is 7.15. The summed E-state index contributed by atoms with van der Waals surface area (Å²) in [6.07, 6.45) is 3.49. The van der Waals surface area contributed by atoms with Crippen molar-refractivity contribution in [1.29, 1.82) is 0 Å². The Balaban J connectivity index is 2.31. The second-order valence-electron chi connectivity index (χ2n) is 4.94. The van der Waals surface area contributed by atoms with E-state index in [0.29, 0.717) is 28.5 Å². The van der Waals surface area contributed by atoms with Crippen molar-refractivity contribution in [2.24, 2.45) is 0 Å². The average Bonchev–Trinajstić information content (AvgIpc) is 2.55. The molecule has 0 amide bonds. The highest BCUT2D eigenvalue weighted by Gasteiger charge is 2.25. The van der Waals surface area contributed by atoms with Gasteiger partial charge in [0, 0.05) is 5.02 Å². The molecule has 0 fully saturated rings. The molecule has 0 aliphatic rings. The number of benzene rings is 2. The molecule has 24 heavy (non-hydrogen) atoms. The molecule has 1 atom stereocenters. The summed E-state index contributed by atoms with van der Waals surface area (Å²) in [4.78, 5) is 10.1. The third-order valence-corrected chi connectivity index (χ3v) is 4.93. The second-order valence-corrected chi connectivity index (χ2v) is 7.16. The lowest BCUT2D eigenvalue weighted by Crippen LogP contribution is -2.13. The van der Waals surface area contributed by atoms with E-state index in [1.54, 1.807) is 42.5 Å². The summed E-state index contributed by atoms with van der Waals surface area (Å²) in [6, 6.07) is 11.8. The van der Waals surface area contributed by atoms with Crippen LogP contribution in [-0.4, -0.2) is 11.5 Å². The Morgan fingerprint density at radius 2 is 1.75 bits per heavy atom. The Morgan fingerprint density at radius 1 is 1.08 bits per heavy atom.